The van der Waals surface area contributed by atoms with Crippen LogP contribution in [-0.2, 0) is 11.3 Å². The molecule has 1 fully saturated rings. The third-order valence-corrected chi connectivity index (χ3v) is 7.95. The number of rotatable bonds is 9. The number of nitrogens with zero attached hydrogens (tertiary/aromatic N) is 3. The highest BCUT2D eigenvalue weighted by Gasteiger charge is 2.33. The van der Waals surface area contributed by atoms with E-state index in [1.54, 1.807) is 18.2 Å². The van der Waals surface area contributed by atoms with E-state index in [-0.39, 0.29) is 17.4 Å². The quantitative estimate of drug-likeness (QED) is 0.192. The van der Waals surface area contributed by atoms with Gasteiger partial charge in [-0.25, -0.2) is 11.1 Å². The Morgan fingerprint density at radius 1 is 0.950 bits per heavy atom. The standard InChI is InChI=1S/C32H38N6O2/c1-32(2,3)26-16-18-27(19-17-26)38(21-22-11-13-25(14-12-22)30(40)35-31(36-33)37-34)29(39)20-15-24-9-6-8-23-7-4-5-10-28(23)24/h4-15,20,26-27,31,33-34H,16-19,21H2,1-3H3,(H,35,40). The van der Waals surface area contributed by atoms with Gasteiger partial charge < -0.3 is 10.2 Å². The van der Waals surface area contributed by atoms with Gasteiger partial charge in [-0.1, -0.05) is 75.4 Å². The molecule has 0 saturated heterocycles. The van der Waals surface area contributed by atoms with Crippen LogP contribution in [0, 0.1) is 22.4 Å². The molecule has 3 aromatic rings. The van der Waals surface area contributed by atoms with Crippen molar-refractivity contribution in [1.82, 2.24) is 10.2 Å². The Kier molecular flexibility index (Phi) is 9.19. The lowest BCUT2D eigenvalue weighted by atomic mass is 9.71. The average molecular weight is 539 g/mol. The third kappa shape index (κ3) is 7.05. The molecule has 3 aromatic carbocycles. The largest absolute Gasteiger partial charge is 0.332 e. The van der Waals surface area contributed by atoms with Crippen molar-refractivity contribution in [1.29, 1.82) is 11.1 Å². The molecule has 0 unspecified atom stereocenters. The van der Waals surface area contributed by atoms with E-state index >= 15 is 0 Å². The molecule has 3 N–H and O–H groups in total. The third-order valence-electron chi connectivity index (χ3n) is 7.95. The number of amides is 2. The first kappa shape index (κ1) is 28.8. The molecular weight excluding hydrogens is 500 g/mol. The second-order valence-electron chi connectivity index (χ2n) is 11.5. The van der Waals surface area contributed by atoms with Gasteiger partial charge in [-0.15, -0.1) is 10.2 Å². The molecular formula is C32H38N6O2. The number of benzene rings is 3. The zero-order valence-corrected chi connectivity index (χ0v) is 23.4. The van der Waals surface area contributed by atoms with Crippen molar-refractivity contribution in [3.8, 4) is 0 Å². The molecule has 208 valence electrons. The van der Waals surface area contributed by atoms with Crippen molar-refractivity contribution < 1.29 is 9.59 Å². The Hall–Kier alpha value is -4.20. The molecule has 40 heavy (non-hydrogen) atoms. The highest BCUT2D eigenvalue weighted by Crippen LogP contribution is 2.39. The summed E-state index contributed by atoms with van der Waals surface area (Å²) in [4.78, 5) is 28.1. The monoisotopic (exact) mass is 538 g/mol. The summed E-state index contributed by atoms with van der Waals surface area (Å²) in [5.41, 5.74) is 16.5. The fourth-order valence-electron chi connectivity index (χ4n) is 5.55. The summed E-state index contributed by atoms with van der Waals surface area (Å²) in [6.07, 6.45) is 6.49. The maximum Gasteiger partial charge on any atom is 0.254 e. The van der Waals surface area contributed by atoms with E-state index in [1.807, 2.05) is 47.4 Å². The zero-order chi connectivity index (χ0) is 28.7. The molecule has 0 aliphatic heterocycles. The Morgan fingerprint density at radius 3 is 2.25 bits per heavy atom. The van der Waals surface area contributed by atoms with E-state index in [0.29, 0.717) is 18.0 Å². The van der Waals surface area contributed by atoms with Crippen LogP contribution in [-0.4, -0.2) is 29.0 Å². The lowest BCUT2D eigenvalue weighted by Crippen LogP contribution is -2.42. The highest BCUT2D eigenvalue weighted by atomic mass is 16.2. The first-order valence-corrected chi connectivity index (χ1v) is 13.8. The summed E-state index contributed by atoms with van der Waals surface area (Å²) in [5.74, 6) is 0.153. The molecule has 4 rings (SSSR count). The molecule has 0 bridgehead atoms. The van der Waals surface area contributed by atoms with E-state index in [0.717, 1.165) is 47.6 Å². The van der Waals surface area contributed by atoms with Crippen molar-refractivity contribution in [2.75, 3.05) is 0 Å². The minimum Gasteiger partial charge on any atom is -0.332 e. The summed E-state index contributed by atoms with van der Waals surface area (Å²) < 4.78 is 0. The van der Waals surface area contributed by atoms with Crippen LogP contribution in [0.2, 0.25) is 0 Å². The molecule has 0 aromatic heterocycles. The van der Waals surface area contributed by atoms with Crippen molar-refractivity contribution >= 4 is 28.7 Å². The van der Waals surface area contributed by atoms with Crippen molar-refractivity contribution in [2.45, 2.75) is 65.3 Å². The van der Waals surface area contributed by atoms with Gasteiger partial charge in [0.25, 0.3) is 12.2 Å². The molecule has 8 heteroatoms. The van der Waals surface area contributed by atoms with Gasteiger partial charge in [0.2, 0.25) is 5.91 Å². The summed E-state index contributed by atoms with van der Waals surface area (Å²) in [6.45, 7) is 7.33. The second-order valence-corrected chi connectivity index (χ2v) is 11.5. The minimum absolute atomic E-state index is 0.0223. The van der Waals surface area contributed by atoms with E-state index in [1.165, 1.54) is 0 Å². The minimum atomic E-state index is -1.22. The van der Waals surface area contributed by atoms with Crippen LogP contribution in [0.5, 0.6) is 0 Å². The van der Waals surface area contributed by atoms with Gasteiger partial charge in [0.15, 0.2) is 0 Å². The highest BCUT2D eigenvalue weighted by molar-refractivity contribution is 5.97. The molecule has 0 radical (unpaired) electrons. The lowest BCUT2D eigenvalue weighted by Gasteiger charge is -2.41. The van der Waals surface area contributed by atoms with Crippen LogP contribution in [0.3, 0.4) is 0 Å². The van der Waals surface area contributed by atoms with Gasteiger partial charge >= 0.3 is 0 Å². The topological polar surface area (TPSA) is 122 Å². The van der Waals surface area contributed by atoms with E-state index in [2.05, 4.69) is 54.5 Å². The summed E-state index contributed by atoms with van der Waals surface area (Å²) in [6, 6.07) is 21.5. The SMILES string of the molecule is CC(C)(C)C1CCC(N(Cc2ccc(C(=O)NC(N=N)N=N)cc2)C(=O)C=Cc2cccc3ccccc23)CC1. The molecule has 0 atom stereocenters. The van der Waals surface area contributed by atoms with Gasteiger partial charge in [0.1, 0.15) is 0 Å². The van der Waals surface area contributed by atoms with Gasteiger partial charge in [-0.05, 0) is 77.1 Å². The number of carbonyl (C=O) groups excluding carboxylic acids is 2. The molecule has 0 heterocycles. The average Bonchev–Trinajstić information content (AvgIpc) is 2.97. The van der Waals surface area contributed by atoms with E-state index in [9.17, 15) is 9.59 Å². The lowest BCUT2D eigenvalue weighted by molar-refractivity contribution is -0.130. The Morgan fingerprint density at radius 2 is 1.60 bits per heavy atom. The van der Waals surface area contributed by atoms with Gasteiger partial charge in [0, 0.05) is 24.2 Å². The predicted octanol–water partition coefficient (Wildman–Crippen LogP) is 7.56. The van der Waals surface area contributed by atoms with Crippen molar-refractivity contribution in [2.24, 2.45) is 21.6 Å². The van der Waals surface area contributed by atoms with Crippen molar-refractivity contribution in [3.63, 3.8) is 0 Å². The van der Waals surface area contributed by atoms with Crippen molar-refractivity contribution in [3.05, 3.63) is 89.5 Å². The van der Waals surface area contributed by atoms with Crippen LogP contribution in [0.25, 0.3) is 16.8 Å². The van der Waals surface area contributed by atoms with Crippen LogP contribution < -0.4 is 5.32 Å². The molecule has 1 saturated carbocycles. The maximum atomic E-state index is 13.7. The molecule has 1 aliphatic rings. The summed E-state index contributed by atoms with van der Waals surface area (Å²) >= 11 is 0. The fourth-order valence-corrected chi connectivity index (χ4v) is 5.55. The first-order chi connectivity index (χ1) is 19.2. The van der Waals surface area contributed by atoms with Gasteiger partial charge in [-0.2, -0.15) is 0 Å². The van der Waals surface area contributed by atoms with Gasteiger partial charge in [0.05, 0.1) is 0 Å². The number of carbonyl (C=O) groups is 2. The summed E-state index contributed by atoms with van der Waals surface area (Å²) in [7, 11) is 0. The molecule has 2 amide bonds. The normalized spacial score (nSPS) is 18.3. The second kappa shape index (κ2) is 12.8. The maximum absolute atomic E-state index is 13.7. The Labute approximate surface area is 235 Å². The fraction of sp³-hybridized carbons (Fsp3) is 0.375. The Bertz CT molecular complexity index is 1370. The molecule has 8 nitrogen and oxygen atoms in total. The Balaban J connectivity index is 1.54. The van der Waals surface area contributed by atoms with E-state index < -0.39 is 12.2 Å². The van der Waals surface area contributed by atoms with E-state index in [4.69, 9.17) is 11.1 Å². The number of nitrogens with one attached hydrogen (secondary N) is 3. The number of hydrogen-bond donors (Lipinski definition) is 3. The smallest absolute Gasteiger partial charge is 0.254 e. The number of fused-ring (bicyclic) bond motifs is 1. The predicted molar refractivity (Wildman–Crippen MR) is 157 cm³/mol. The first-order valence-electron chi connectivity index (χ1n) is 13.8. The molecule has 0 spiro atoms. The summed E-state index contributed by atoms with van der Waals surface area (Å²) in [5, 5.41) is 10.8. The van der Waals surface area contributed by atoms with Gasteiger partial charge in [-0.3, -0.25) is 9.59 Å². The zero-order valence-electron chi connectivity index (χ0n) is 23.4. The van der Waals surface area contributed by atoms with Crippen LogP contribution in [0.4, 0.5) is 0 Å². The number of hydrogen-bond acceptors (Lipinski definition) is 6. The molecule has 1 aliphatic carbocycles. The van der Waals surface area contributed by atoms with Crippen LogP contribution >= 0.6 is 0 Å². The van der Waals surface area contributed by atoms with Crippen LogP contribution in [0.15, 0.2) is 83.0 Å². The van der Waals surface area contributed by atoms with Crippen LogP contribution in [0.1, 0.15) is 67.9 Å².